The first kappa shape index (κ1) is 15.4. The number of nitrogens with two attached hydrogens (primary N) is 1. The number of hydrogen-bond donors (Lipinski definition) is 1. The third-order valence-corrected chi connectivity index (χ3v) is 3.41. The molecule has 0 radical (unpaired) electrons. The van der Waals surface area contributed by atoms with E-state index in [1.165, 1.54) is 0 Å². The molecule has 1 aliphatic heterocycles. The highest BCUT2D eigenvalue weighted by Gasteiger charge is 2.24. The van der Waals surface area contributed by atoms with Crippen molar-refractivity contribution in [1.82, 2.24) is 15.0 Å². The molecule has 5 nitrogen and oxygen atoms in total. The Labute approximate surface area is 115 Å². The van der Waals surface area contributed by atoms with Crippen molar-refractivity contribution < 1.29 is 4.52 Å². The van der Waals surface area contributed by atoms with E-state index >= 15 is 0 Å². The Bertz CT molecular complexity index is 369. The fourth-order valence-electron chi connectivity index (χ4n) is 2.15. The van der Waals surface area contributed by atoms with Gasteiger partial charge >= 0.3 is 0 Å². The summed E-state index contributed by atoms with van der Waals surface area (Å²) in [6, 6.07) is 0.333. The molecule has 0 aliphatic carbocycles. The Hall–Kier alpha value is -0.650. The second-order valence-corrected chi connectivity index (χ2v) is 5.37. The van der Waals surface area contributed by atoms with Crippen LogP contribution >= 0.6 is 12.4 Å². The molecule has 0 amide bonds. The van der Waals surface area contributed by atoms with Crippen molar-refractivity contribution in [3.8, 4) is 0 Å². The van der Waals surface area contributed by atoms with E-state index in [0.29, 0.717) is 17.9 Å². The van der Waals surface area contributed by atoms with Gasteiger partial charge in [0.1, 0.15) is 0 Å². The molecular formula is C12H23ClN4O. The van der Waals surface area contributed by atoms with Crippen LogP contribution in [0.4, 0.5) is 0 Å². The summed E-state index contributed by atoms with van der Waals surface area (Å²) >= 11 is 0. The van der Waals surface area contributed by atoms with Crippen molar-refractivity contribution in [2.24, 2.45) is 11.7 Å². The number of aromatic nitrogens is 2. The lowest BCUT2D eigenvalue weighted by Gasteiger charge is -2.34. The molecule has 6 heteroatoms. The molecule has 1 aromatic heterocycles. The standard InChI is InChI=1S/C12H22N4O.ClH/c1-8(2)12-14-11(17-15-12)7-16-5-4-10(13)9(3)6-16;/h8-10H,4-7,13H2,1-3H3;1H. The summed E-state index contributed by atoms with van der Waals surface area (Å²) in [5.41, 5.74) is 6.00. The topological polar surface area (TPSA) is 68.2 Å². The van der Waals surface area contributed by atoms with Crippen LogP contribution < -0.4 is 5.73 Å². The highest BCUT2D eigenvalue weighted by Crippen LogP contribution is 2.17. The highest BCUT2D eigenvalue weighted by molar-refractivity contribution is 5.85. The van der Waals surface area contributed by atoms with Crippen molar-refractivity contribution >= 4 is 12.4 Å². The molecule has 104 valence electrons. The van der Waals surface area contributed by atoms with Crippen LogP contribution in [0.3, 0.4) is 0 Å². The molecule has 2 N–H and O–H groups in total. The minimum Gasteiger partial charge on any atom is -0.338 e. The summed E-state index contributed by atoms with van der Waals surface area (Å²) < 4.78 is 5.26. The number of nitrogens with zero attached hydrogens (tertiary/aromatic N) is 3. The molecule has 1 aromatic rings. The van der Waals surface area contributed by atoms with Gasteiger partial charge in [-0.2, -0.15) is 4.98 Å². The monoisotopic (exact) mass is 274 g/mol. The van der Waals surface area contributed by atoms with Crippen LogP contribution in [0.15, 0.2) is 4.52 Å². The smallest absolute Gasteiger partial charge is 0.240 e. The summed E-state index contributed by atoms with van der Waals surface area (Å²) in [6.45, 7) is 9.11. The quantitative estimate of drug-likeness (QED) is 0.910. The molecule has 2 rings (SSSR count). The summed E-state index contributed by atoms with van der Waals surface area (Å²) in [7, 11) is 0. The molecule has 2 atom stereocenters. The molecule has 1 saturated heterocycles. The zero-order valence-electron chi connectivity index (χ0n) is 11.3. The van der Waals surface area contributed by atoms with Gasteiger partial charge in [0.15, 0.2) is 5.82 Å². The van der Waals surface area contributed by atoms with Crippen molar-refractivity contribution in [3.63, 3.8) is 0 Å². The second-order valence-electron chi connectivity index (χ2n) is 5.37. The van der Waals surface area contributed by atoms with Gasteiger partial charge in [0.05, 0.1) is 6.54 Å². The van der Waals surface area contributed by atoms with Gasteiger partial charge in [0, 0.05) is 25.0 Å². The molecule has 18 heavy (non-hydrogen) atoms. The summed E-state index contributed by atoms with van der Waals surface area (Å²) in [5.74, 6) is 2.37. The minimum atomic E-state index is 0. The fraction of sp³-hybridized carbons (Fsp3) is 0.833. The normalized spacial score (nSPS) is 25.2. The van der Waals surface area contributed by atoms with Crippen molar-refractivity contribution in [3.05, 3.63) is 11.7 Å². The van der Waals surface area contributed by atoms with Crippen LogP contribution in [0.2, 0.25) is 0 Å². The average Bonchev–Trinajstić information content (AvgIpc) is 2.72. The van der Waals surface area contributed by atoms with E-state index in [1.807, 2.05) is 0 Å². The number of rotatable bonds is 3. The molecule has 0 saturated carbocycles. The van der Waals surface area contributed by atoms with Gasteiger partial charge in [-0.25, -0.2) is 0 Å². The lowest BCUT2D eigenvalue weighted by atomic mass is 9.95. The number of likely N-dealkylation sites (tertiary alicyclic amines) is 1. The van der Waals surface area contributed by atoms with Gasteiger partial charge in [0.25, 0.3) is 0 Å². The number of piperidine rings is 1. The molecule has 1 fully saturated rings. The van der Waals surface area contributed by atoms with Crippen LogP contribution in [0.5, 0.6) is 0 Å². The van der Waals surface area contributed by atoms with Crippen LogP contribution in [-0.2, 0) is 6.54 Å². The second kappa shape index (κ2) is 6.50. The molecule has 2 unspecified atom stereocenters. The first-order valence-corrected chi connectivity index (χ1v) is 6.36. The van der Waals surface area contributed by atoms with Crippen molar-refractivity contribution in [2.45, 2.75) is 45.7 Å². The third-order valence-electron chi connectivity index (χ3n) is 3.41. The van der Waals surface area contributed by atoms with Gasteiger partial charge in [-0.05, 0) is 12.3 Å². The van der Waals surface area contributed by atoms with Crippen LogP contribution in [0.25, 0.3) is 0 Å². The first-order chi connectivity index (χ1) is 8.06. The molecule has 0 aromatic carbocycles. The predicted octanol–water partition coefficient (Wildman–Crippen LogP) is 1.78. The Morgan fingerprint density at radius 3 is 2.78 bits per heavy atom. The fourth-order valence-corrected chi connectivity index (χ4v) is 2.15. The van der Waals surface area contributed by atoms with E-state index in [9.17, 15) is 0 Å². The molecular weight excluding hydrogens is 252 g/mol. The highest BCUT2D eigenvalue weighted by atomic mass is 35.5. The molecule has 0 bridgehead atoms. The minimum absolute atomic E-state index is 0. The van der Waals surface area contributed by atoms with E-state index in [4.69, 9.17) is 10.3 Å². The number of hydrogen-bond acceptors (Lipinski definition) is 5. The molecule has 1 aliphatic rings. The van der Waals surface area contributed by atoms with Gasteiger partial charge in [-0.15, -0.1) is 12.4 Å². The Morgan fingerprint density at radius 2 is 2.22 bits per heavy atom. The van der Waals surface area contributed by atoms with Crippen LogP contribution in [0.1, 0.15) is 44.8 Å². The van der Waals surface area contributed by atoms with Crippen LogP contribution in [0, 0.1) is 5.92 Å². The molecule has 0 spiro atoms. The van der Waals surface area contributed by atoms with E-state index in [2.05, 4.69) is 35.8 Å². The maximum Gasteiger partial charge on any atom is 0.240 e. The van der Waals surface area contributed by atoms with E-state index in [-0.39, 0.29) is 12.4 Å². The van der Waals surface area contributed by atoms with Gasteiger partial charge in [0.2, 0.25) is 5.89 Å². The Balaban J connectivity index is 0.00000162. The third kappa shape index (κ3) is 3.67. The van der Waals surface area contributed by atoms with Gasteiger partial charge < -0.3 is 10.3 Å². The van der Waals surface area contributed by atoms with E-state index in [1.54, 1.807) is 0 Å². The van der Waals surface area contributed by atoms with Crippen LogP contribution in [-0.4, -0.2) is 34.2 Å². The predicted molar refractivity (Wildman–Crippen MR) is 72.7 cm³/mol. The largest absolute Gasteiger partial charge is 0.338 e. The zero-order valence-corrected chi connectivity index (χ0v) is 12.1. The zero-order chi connectivity index (χ0) is 12.4. The lowest BCUT2D eigenvalue weighted by molar-refractivity contribution is 0.142. The Kier molecular flexibility index (Phi) is 5.56. The maximum atomic E-state index is 6.00. The summed E-state index contributed by atoms with van der Waals surface area (Å²) in [4.78, 5) is 6.74. The Morgan fingerprint density at radius 1 is 1.50 bits per heavy atom. The maximum absolute atomic E-state index is 6.00. The molecule has 2 heterocycles. The van der Waals surface area contributed by atoms with E-state index in [0.717, 1.165) is 37.8 Å². The lowest BCUT2D eigenvalue weighted by Crippen LogP contribution is -2.45. The van der Waals surface area contributed by atoms with Gasteiger partial charge in [-0.1, -0.05) is 25.9 Å². The summed E-state index contributed by atoms with van der Waals surface area (Å²) in [5, 5.41) is 3.98. The van der Waals surface area contributed by atoms with Crippen molar-refractivity contribution in [1.29, 1.82) is 0 Å². The van der Waals surface area contributed by atoms with Crippen molar-refractivity contribution in [2.75, 3.05) is 13.1 Å². The average molecular weight is 275 g/mol. The first-order valence-electron chi connectivity index (χ1n) is 6.36. The SMILES string of the molecule is CC(C)c1noc(CN2CCC(N)C(C)C2)n1.Cl. The summed E-state index contributed by atoms with van der Waals surface area (Å²) in [6.07, 6.45) is 1.05. The van der Waals surface area contributed by atoms with Gasteiger partial charge in [-0.3, -0.25) is 4.90 Å². The van der Waals surface area contributed by atoms with E-state index < -0.39 is 0 Å². The number of halogens is 1.